The highest BCUT2D eigenvalue weighted by molar-refractivity contribution is 6.25. The van der Waals surface area contributed by atoms with Gasteiger partial charge in [-0.15, -0.1) is 5.10 Å². The molecule has 0 bridgehead atoms. The maximum atomic E-state index is 12.3. The fourth-order valence-corrected chi connectivity index (χ4v) is 2.18. The first kappa shape index (κ1) is 18.2. The third-order valence-electron chi connectivity index (χ3n) is 3.19. The van der Waals surface area contributed by atoms with Crippen LogP contribution in [0, 0.1) is 0 Å². The summed E-state index contributed by atoms with van der Waals surface area (Å²) in [6, 6.07) is 0. The number of rotatable bonds is 6. The molecule has 0 radical (unpaired) electrons. The van der Waals surface area contributed by atoms with Crippen molar-refractivity contribution in [3.05, 3.63) is 28.6 Å². The summed E-state index contributed by atoms with van der Waals surface area (Å²) in [7, 11) is 0. The molecular weight excluding hydrogens is 330 g/mol. The Labute approximate surface area is 144 Å². The first-order chi connectivity index (χ1) is 12.0. The average molecular weight is 349 g/mol. The fourth-order valence-electron chi connectivity index (χ4n) is 2.18. The van der Waals surface area contributed by atoms with Crippen LogP contribution in [0.2, 0.25) is 0 Å². The summed E-state index contributed by atoms with van der Waals surface area (Å²) in [5, 5.41) is 3.77. The summed E-state index contributed by atoms with van der Waals surface area (Å²) in [4.78, 5) is 39.0. The molecule has 25 heavy (non-hydrogen) atoms. The van der Waals surface area contributed by atoms with Crippen LogP contribution >= 0.6 is 0 Å². The Morgan fingerprint density at radius 2 is 1.80 bits per heavy atom. The number of carbonyl (C=O) groups is 3. The standard InChI is InChI=1S/C16H19N3O6/c1-4-23-14-9(13(20)18-19-14)7-11-12(16(22)25-6-3)10(8-17-11)15(21)24-5-2/h7-8,17H,4-6H2,1-3H3,(H,18,20)/b9-7-. The van der Waals surface area contributed by atoms with Gasteiger partial charge >= 0.3 is 11.9 Å². The van der Waals surface area contributed by atoms with Crippen molar-refractivity contribution in [2.45, 2.75) is 20.8 Å². The van der Waals surface area contributed by atoms with Gasteiger partial charge in [-0.1, -0.05) is 0 Å². The van der Waals surface area contributed by atoms with Crippen molar-refractivity contribution in [2.24, 2.45) is 5.10 Å². The molecule has 1 aromatic rings. The van der Waals surface area contributed by atoms with E-state index in [-0.39, 0.29) is 41.5 Å². The summed E-state index contributed by atoms with van der Waals surface area (Å²) in [6.45, 7) is 5.66. The maximum Gasteiger partial charge on any atom is 0.341 e. The van der Waals surface area contributed by atoms with Gasteiger partial charge in [-0.25, -0.2) is 15.0 Å². The highest BCUT2D eigenvalue weighted by atomic mass is 16.5. The van der Waals surface area contributed by atoms with Gasteiger partial charge in [0, 0.05) is 6.20 Å². The Balaban J connectivity index is 2.48. The van der Waals surface area contributed by atoms with Gasteiger partial charge in [0.05, 0.1) is 36.6 Å². The molecule has 1 aromatic heterocycles. The van der Waals surface area contributed by atoms with E-state index in [9.17, 15) is 14.4 Å². The molecule has 0 saturated heterocycles. The largest absolute Gasteiger partial charge is 0.476 e. The molecule has 0 atom stereocenters. The van der Waals surface area contributed by atoms with E-state index >= 15 is 0 Å². The highest BCUT2D eigenvalue weighted by Gasteiger charge is 2.28. The third kappa shape index (κ3) is 3.87. The normalized spacial score (nSPS) is 14.9. The Morgan fingerprint density at radius 1 is 1.12 bits per heavy atom. The minimum absolute atomic E-state index is 0.0108. The molecule has 1 aliphatic rings. The van der Waals surface area contributed by atoms with E-state index in [0.29, 0.717) is 6.61 Å². The van der Waals surface area contributed by atoms with Crippen molar-refractivity contribution < 1.29 is 28.6 Å². The second-order valence-corrected chi connectivity index (χ2v) is 4.78. The lowest BCUT2D eigenvalue weighted by Crippen LogP contribution is -2.16. The lowest BCUT2D eigenvalue weighted by Gasteiger charge is -2.06. The Bertz CT molecular complexity index is 747. The molecule has 1 aliphatic heterocycles. The molecular formula is C16H19N3O6. The summed E-state index contributed by atoms with van der Waals surface area (Å²) >= 11 is 0. The number of aromatic amines is 1. The number of hydrogen-bond donors (Lipinski definition) is 2. The number of amides is 1. The average Bonchev–Trinajstić information content (AvgIpc) is 3.14. The minimum Gasteiger partial charge on any atom is -0.476 e. The van der Waals surface area contributed by atoms with E-state index in [1.54, 1.807) is 20.8 Å². The van der Waals surface area contributed by atoms with Gasteiger partial charge in [-0.2, -0.15) is 0 Å². The molecule has 0 aromatic carbocycles. The second kappa shape index (κ2) is 8.13. The number of aromatic nitrogens is 1. The molecule has 9 nitrogen and oxygen atoms in total. The van der Waals surface area contributed by atoms with E-state index in [2.05, 4.69) is 15.5 Å². The summed E-state index contributed by atoms with van der Waals surface area (Å²) < 4.78 is 15.2. The Morgan fingerprint density at radius 3 is 2.44 bits per heavy atom. The monoisotopic (exact) mass is 349 g/mol. The number of esters is 2. The fraction of sp³-hybridized carbons (Fsp3) is 0.375. The van der Waals surface area contributed by atoms with Gasteiger partial charge < -0.3 is 19.2 Å². The van der Waals surface area contributed by atoms with Gasteiger partial charge in [0.15, 0.2) is 0 Å². The number of hydrazone groups is 1. The number of hydrogen-bond acceptors (Lipinski definition) is 7. The molecule has 1 amide bonds. The Kier molecular flexibility index (Phi) is 5.93. The predicted molar refractivity (Wildman–Crippen MR) is 87.9 cm³/mol. The van der Waals surface area contributed by atoms with Crippen LogP contribution in [-0.4, -0.2) is 48.5 Å². The summed E-state index contributed by atoms with van der Waals surface area (Å²) in [5.74, 6) is -1.74. The number of nitrogens with one attached hydrogen (secondary N) is 2. The molecule has 0 fully saturated rings. The molecule has 2 N–H and O–H groups in total. The van der Waals surface area contributed by atoms with Gasteiger partial charge in [0.25, 0.3) is 5.91 Å². The van der Waals surface area contributed by atoms with Crippen LogP contribution in [0.25, 0.3) is 6.08 Å². The van der Waals surface area contributed by atoms with Gasteiger partial charge in [-0.3, -0.25) is 4.79 Å². The summed E-state index contributed by atoms with van der Waals surface area (Å²) in [5.41, 5.74) is 2.65. The van der Waals surface area contributed by atoms with Crippen LogP contribution < -0.4 is 5.43 Å². The van der Waals surface area contributed by atoms with Crippen molar-refractivity contribution in [3.63, 3.8) is 0 Å². The lowest BCUT2D eigenvalue weighted by molar-refractivity contribution is -0.116. The van der Waals surface area contributed by atoms with E-state index < -0.39 is 17.8 Å². The maximum absolute atomic E-state index is 12.3. The molecule has 0 saturated carbocycles. The van der Waals surface area contributed by atoms with Gasteiger partial charge in [0.2, 0.25) is 5.90 Å². The molecule has 0 unspecified atom stereocenters. The quantitative estimate of drug-likeness (QED) is 0.589. The zero-order valence-electron chi connectivity index (χ0n) is 14.2. The number of ether oxygens (including phenoxy) is 3. The molecule has 0 spiro atoms. The van der Waals surface area contributed by atoms with Gasteiger partial charge in [-0.05, 0) is 26.8 Å². The van der Waals surface area contributed by atoms with Crippen LogP contribution in [0.3, 0.4) is 0 Å². The predicted octanol–water partition coefficient (Wildman–Crippen LogP) is 1.23. The second-order valence-electron chi connectivity index (χ2n) is 4.78. The molecule has 9 heteroatoms. The van der Waals surface area contributed by atoms with Crippen molar-refractivity contribution >= 4 is 29.8 Å². The zero-order chi connectivity index (χ0) is 18.4. The Hall–Kier alpha value is -3.10. The highest BCUT2D eigenvalue weighted by Crippen LogP contribution is 2.21. The van der Waals surface area contributed by atoms with Gasteiger partial charge in [0.1, 0.15) is 5.57 Å². The molecule has 0 aliphatic carbocycles. The molecule has 2 heterocycles. The van der Waals surface area contributed by atoms with Crippen LogP contribution in [0.5, 0.6) is 0 Å². The van der Waals surface area contributed by atoms with Crippen LogP contribution in [0.1, 0.15) is 47.2 Å². The minimum atomic E-state index is -0.702. The van der Waals surface area contributed by atoms with Crippen molar-refractivity contribution in [1.29, 1.82) is 0 Å². The van der Waals surface area contributed by atoms with E-state index in [1.807, 2.05) is 0 Å². The van der Waals surface area contributed by atoms with E-state index in [4.69, 9.17) is 14.2 Å². The van der Waals surface area contributed by atoms with Crippen LogP contribution in [0.4, 0.5) is 0 Å². The van der Waals surface area contributed by atoms with E-state index in [1.165, 1.54) is 12.3 Å². The molecule has 2 rings (SSSR count). The van der Waals surface area contributed by atoms with Crippen LogP contribution in [-0.2, 0) is 19.0 Å². The van der Waals surface area contributed by atoms with Crippen LogP contribution in [0.15, 0.2) is 16.9 Å². The number of nitrogens with zero attached hydrogens (tertiary/aromatic N) is 1. The van der Waals surface area contributed by atoms with E-state index in [0.717, 1.165) is 0 Å². The van der Waals surface area contributed by atoms with Crippen molar-refractivity contribution in [3.8, 4) is 0 Å². The summed E-state index contributed by atoms with van der Waals surface area (Å²) in [6.07, 6.45) is 2.72. The van der Waals surface area contributed by atoms with Crippen molar-refractivity contribution in [2.75, 3.05) is 19.8 Å². The first-order valence-corrected chi connectivity index (χ1v) is 7.81. The lowest BCUT2D eigenvalue weighted by atomic mass is 10.1. The zero-order valence-corrected chi connectivity index (χ0v) is 14.2. The number of carbonyl (C=O) groups excluding carboxylic acids is 3. The first-order valence-electron chi connectivity index (χ1n) is 7.81. The molecule has 134 valence electrons. The number of H-pyrrole nitrogens is 1. The third-order valence-corrected chi connectivity index (χ3v) is 3.19. The smallest absolute Gasteiger partial charge is 0.341 e. The van der Waals surface area contributed by atoms with Crippen molar-refractivity contribution in [1.82, 2.24) is 10.4 Å². The SMILES string of the molecule is CCOC(=O)c1c[nH]c(/C=C2/C(=O)NN=C2OCC)c1C(=O)OCC. The topological polar surface area (TPSA) is 119 Å².